The van der Waals surface area contributed by atoms with Crippen LogP contribution in [0, 0.1) is 4.91 Å². The van der Waals surface area contributed by atoms with Crippen molar-refractivity contribution in [2.75, 3.05) is 0 Å². The quantitative estimate of drug-likeness (QED) is 0.454. The lowest BCUT2D eigenvalue weighted by Crippen LogP contribution is -2.20. The van der Waals surface area contributed by atoms with Crippen LogP contribution in [0.25, 0.3) is 0 Å². The highest BCUT2D eigenvalue weighted by Gasteiger charge is 2.12. The first-order valence-corrected chi connectivity index (χ1v) is 1.81. The molecule has 0 aliphatic rings. The lowest BCUT2D eigenvalue weighted by atomic mass is 11.1. The SMILES string of the molecule is O=NC(=O)n1oc(=O)o1. The normalized spacial score (nSPS) is 9.33. The minimum absolute atomic E-state index is 0.0787. The molecule has 0 spiro atoms. The molecule has 0 fully saturated rings. The summed E-state index contributed by atoms with van der Waals surface area (Å²) in [4.78, 5) is 29.1. The zero-order valence-corrected chi connectivity index (χ0v) is 3.94. The minimum Gasteiger partial charge on any atom is -0.263 e. The van der Waals surface area contributed by atoms with Crippen molar-refractivity contribution in [1.82, 2.24) is 4.91 Å². The Balaban J connectivity index is 2.84. The highest BCUT2D eigenvalue weighted by molar-refractivity contribution is 5.74. The van der Waals surface area contributed by atoms with Gasteiger partial charge >= 0.3 is 11.9 Å². The van der Waals surface area contributed by atoms with Gasteiger partial charge in [-0.2, -0.15) is 4.79 Å². The zero-order valence-electron chi connectivity index (χ0n) is 3.94. The predicted molar refractivity (Wildman–Crippen MR) is 21.8 cm³/mol. The number of rotatable bonds is 0. The van der Waals surface area contributed by atoms with Crippen LogP contribution < -0.4 is 5.82 Å². The van der Waals surface area contributed by atoms with Crippen LogP contribution in [0.2, 0.25) is 0 Å². The first-order valence-electron chi connectivity index (χ1n) is 1.81. The van der Waals surface area contributed by atoms with Gasteiger partial charge in [0.15, 0.2) is 0 Å². The molecule has 1 aromatic rings. The third-order valence-electron chi connectivity index (χ3n) is 0.549. The Morgan fingerprint density at radius 3 is 2.44 bits per heavy atom. The standard InChI is InChI=1S/C2N2O5/c5-1(3-7)4-8-2(6)9-4. The zero-order chi connectivity index (χ0) is 6.85. The summed E-state index contributed by atoms with van der Waals surface area (Å²) in [5, 5.41) is 1.88. The molecule has 0 radical (unpaired) electrons. The highest BCUT2D eigenvalue weighted by atomic mass is 16.8. The Hall–Kier alpha value is -1.66. The predicted octanol–water partition coefficient (Wildman–Crippen LogP) is -0.231. The monoisotopic (exact) mass is 132 g/mol. The van der Waals surface area contributed by atoms with Gasteiger partial charge in [-0.05, 0) is 0 Å². The van der Waals surface area contributed by atoms with E-state index in [0.29, 0.717) is 0 Å². The van der Waals surface area contributed by atoms with Crippen LogP contribution in [0.3, 0.4) is 0 Å². The van der Waals surface area contributed by atoms with Gasteiger partial charge in [0.05, 0.1) is 0 Å². The summed E-state index contributed by atoms with van der Waals surface area (Å²) < 4.78 is 7.64. The topological polar surface area (TPSA) is 94.8 Å². The van der Waals surface area contributed by atoms with Gasteiger partial charge in [0.25, 0.3) is 0 Å². The number of carbonyl (C=O) groups is 1. The maximum Gasteiger partial charge on any atom is 0.564 e. The van der Waals surface area contributed by atoms with Gasteiger partial charge in [-0.1, -0.05) is 0 Å². The Morgan fingerprint density at radius 1 is 1.56 bits per heavy atom. The van der Waals surface area contributed by atoms with Crippen molar-refractivity contribution in [2.45, 2.75) is 0 Å². The van der Waals surface area contributed by atoms with Crippen LogP contribution >= 0.6 is 0 Å². The van der Waals surface area contributed by atoms with E-state index < -0.39 is 11.9 Å². The van der Waals surface area contributed by atoms with E-state index in [1.165, 1.54) is 0 Å². The molecule has 7 heteroatoms. The molecular weight excluding hydrogens is 132 g/mol. The molecule has 0 aliphatic carbocycles. The summed E-state index contributed by atoms with van der Waals surface area (Å²) in [5.74, 6) is -1.04. The first-order chi connectivity index (χ1) is 4.24. The van der Waals surface area contributed by atoms with Gasteiger partial charge in [-0.25, -0.2) is 4.79 Å². The van der Waals surface area contributed by atoms with Crippen LogP contribution in [0.5, 0.6) is 0 Å². The average molecular weight is 132 g/mol. The van der Waals surface area contributed by atoms with Crippen molar-refractivity contribution >= 4 is 6.03 Å². The van der Waals surface area contributed by atoms with E-state index in [2.05, 4.69) is 9.05 Å². The summed E-state index contributed by atoms with van der Waals surface area (Å²) in [7, 11) is 0. The maximum absolute atomic E-state index is 9.98. The number of nitroso groups, excluding NO2 is 1. The van der Waals surface area contributed by atoms with Crippen molar-refractivity contribution in [3.8, 4) is 0 Å². The maximum atomic E-state index is 9.98. The third-order valence-corrected chi connectivity index (χ3v) is 0.549. The van der Waals surface area contributed by atoms with Gasteiger partial charge in [-0.3, -0.25) is 9.05 Å². The van der Waals surface area contributed by atoms with Gasteiger partial charge < -0.3 is 0 Å². The molecule has 0 unspecified atom stereocenters. The highest BCUT2D eigenvalue weighted by Crippen LogP contribution is 1.85. The van der Waals surface area contributed by atoms with Crippen LogP contribution in [-0.2, 0) is 0 Å². The van der Waals surface area contributed by atoms with E-state index in [9.17, 15) is 14.5 Å². The number of aromatic nitrogens is 1. The molecule has 0 bridgehead atoms. The Kier molecular flexibility index (Phi) is 1.03. The molecule has 1 heterocycles. The number of carbonyl (C=O) groups excluding carboxylic acids is 1. The van der Waals surface area contributed by atoms with Gasteiger partial charge in [-0.15, -0.1) is 4.91 Å². The fourth-order valence-corrected chi connectivity index (χ4v) is 0.254. The molecule has 7 nitrogen and oxygen atoms in total. The van der Waals surface area contributed by atoms with E-state index in [1.807, 2.05) is 5.18 Å². The van der Waals surface area contributed by atoms with Crippen molar-refractivity contribution in [1.29, 1.82) is 0 Å². The van der Waals surface area contributed by atoms with E-state index in [1.54, 1.807) is 0 Å². The lowest BCUT2D eigenvalue weighted by molar-refractivity contribution is -0.0420. The molecule has 0 aliphatic heterocycles. The molecular formula is C2N2O5. The number of amides is 1. The van der Waals surface area contributed by atoms with Gasteiger partial charge in [0.2, 0.25) is 0 Å². The Bertz CT molecular complexity index is 260. The smallest absolute Gasteiger partial charge is 0.263 e. The average Bonchev–Trinajstić information content (AvgIpc) is 1.79. The Morgan fingerprint density at radius 2 is 2.11 bits per heavy atom. The van der Waals surface area contributed by atoms with Crippen molar-refractivity contribution in [2.24, 2.45) is 5.18 Å². The minimum atomic E-state index is -1.30. The summed E-state index contributed by atoms with van der Waals surface area (Å²) in [6.07, 6.45) is 0. The fraction of sp³-hybridized carbons (Fsp3) is 0. The number of hydrogen-bond donors (Lipinski definition) is 0. The van der Waals surface area contributed by atoms with Crippen LogP contribution in [0.1, 0.15) is 0 Å². The van der Waals surface area contributed by atoms with Crippen molar-refractivity contribution in [3.05, 3.63) is 15.5 Å². The second-order valence-electron chi connectivity index (χ2n) is 1.06. The second-order valence-corrected chi connectivity index (χ2v) is 1.06. The van der Waals surface area contributed by atoms with Crippen molar-refractivity contribution < 1.29 is 13.8 Å². The van der Waals surface area contributed by atoms with Crippen LogP contribution in [0.4, 0.5) is 4.79 Å². The molecule has 0 aromatic carbocycles. The summed E-state index contributed by atoms with van der Waals surface area (Å²) in [5.41, 5.74) is 0. The largest absolute Gasteiger partial charge is 0.564 e. The molecule has 1 amide bonds. The molecule has 0 saturated heterocycles. The first kappa shape index (κ1) is 5.48. The van der Waals surface area contributed by atoms with Crippen molar-refractivity contribution in [3.63, 3.8) is 0 Å². The summed E-state index contributed by atoms with van der Waals surface area (Å²) in [6, 6.07) is -1.30. The Labute approximate surface area is 46.7 Å². The summed E-state index contributed by atoms with van der Waals surface area (Å²) >= 11 is 0. The molecule has 9 heavy (non-hydrogen) atoms. The van der Waals surface area contributed by atoms with Gasteiger partial charge in [0, 0.05) is 10.1 Å². The summed E-state index contributed by atoms with van der Waals surface area (Å²) in [6.45, 7) is 0. The molecule has 0 saturated carbocycles. The van der Waals surface area contributed by atoms with E-state index in [-0.39, 0.29) is 4.91 Å². The molecule has 48 valence electrons. The lowest BCUT2D eigenvalue weighted by Gasteiger charge is -1.91. The van der Waals surface area contributed by atoms with Crippen LogP contribution in [0.15, 0.2) is 19.0 Å². The third kappa shape index (κ3) is 0.784. The van der Waals surface area contributed by atoms with Crippen LogP contribution in [-0.4, -0.2) is 10.9 Å². The molecule has 1 aromatic heterocycles. The number of nitrogens with zero attached hydrogens (tertiary/aromatic N) is 2. The van der Waals surface area contributed by atoms with E-state index in [0.717, 1.165) is 0 Å². The molecule has 0 N–H and O–H groups in total. The fourth-order valence-electron chi connectivity index (χ4n) is 0.254. The van der Waals surface area contributed by atoms with E-state index in [4.69, 9.17) is 0 Å². The molecule has 0 atom stereocenters. The second kappa shape index (κ2) is 1.69. The number of hydrogen-bond acceptors (Lipinski definition) is 5. The molecule has 1 rings (SSSR count). The van der Waals surface area contributed by atoms with E-state index >= 15 is 0 Å². The van der Waals surface area contributed by atoms with Gasteiger partial charge in [0.1, 0.15) is 0 Å².